The molecule has 0 bridgehead atoms. The van der Waals surface area contributed by atoms with E-state index in [2.05, 4.69) is 55.1 Å². The summed E-state index contributed by atoms with van der Waals surface area (Å²) in [4.78, 5) is 5.67. The second-order valence-corrected chi connectivity index (χ2v) is 6.42. The molecule has 5 heteroatoms. The van der Waals surface area contributed by atoms with Gasteiger partial charge in [0, 0.05) is 47.0 Å². The normalized spacial score (nSPS) is 12.6. The molecule has 0 fully saturated rings. The summed E-state index contributed by atoms with van der Waals surface area (Å²) in [6, 6.07) is 8.87. The minimum Gasteiger partial charge on any atom is -0.338 e. The van der Waals surface area contributed by atoms with E-state index in [1.54, 1.807) is 0 Å². The molecule has 0 radical (unpaired) electrons. The third-order valence-electron chi connectivity index (χ3n) is 3.02. The molecule has 1 N–H and O–H groups in total. The minimum absolute atomic E-state index is 0.426. The van der Waals surface area contributed by atoms with E-state index >= 15 is 0 Å². The number of thioether (sulfide) groups is 1. The number of aromatic nitrogens is 2. The van der Waals surface area contributed by atoms with Gasteiger partial charge >= 0.3 is 0 Å². The average Bonchev–Trinajstić information content (AvgIpc) is 2.82. The maximum atomic E-state index is 4.38. The number of benzene rings is 1. The minimum atomic E-state index is 0.426. The van der Waals surface area contributed by atoms with Crippen molar-refractivity contribution in [2.75, 3.05) is 12.8 Å². The summed E-state index contributed by atoms with van der Waals surface area (Å²) in [7, 11) is 4.05. The fourth-order valence-electron chi connectivity index (χ4n) is 1.79. The van der Waals surface area contributed by atoms with Crippen molar-refractivity contribution in [3.05, 3.63) is 47.0 Å². The molecule has 1 unspecified atom stereocenters. The first-order valence-electron chi connectivity index (χ1n) is 6.21. The Labute approximate surface area is 126 Å². The number of rotatable bonds is 6. The van der Waals surface area contributed by atoms with Gasteiger partial charge in [-0.15, -0.1) is 11.8 Å². The van der Waals surface area contributed by atoms with Crippen molar-refractivity contribution in [2.45, 2.75) is 17.4 Å². The lowest BCUT2D eigenvalue weighted by atomic mass is 10.2. The first kappa shape index (κ1) is 14.6. The van der Waals surface area contributed by atoms with Crippen molar-refractivity contribution in [3.63, 3.8) is 0 Å². The molecule has 1 aromatic carbocycles. The molecule has 1 heterocycles. The van der Waals surface area contributed by atoms with Crippen molar-refractivity contribution in [1.29, 1.82) is 0 Å². The van der Waals surface area contributed by atoms with Crippen LogP contribution in [-0.2, 0) is 13.5 Å². The lowest BCUT2D eigenvalue weighted by molar-refractivity contribution is 0.586. The maximum absolute atomic E-state index is 4.38. The Morgan fingerprint density at radius 1 is 1.37 bits per heavy atom. The Bertz CT molecular complexity index is 510. The summed E-state index contributed by atoms with van der Waals surface area (Å²) < 4.78 is 3.20. The highest BCUT2D eigenvalue weighted by Gasteiger charge is 2.10. The zero-order valence-electron chi connectivity index (χ0n) is 11.1. The smallest absolute Gasteiger partial charge is 0.109 e. The number of nitrogens with one attached hydrogen (secondary N) is 1. The summed E-state index contributed by atoms with van der Waals surface area (Å²) in [5.41, 5.74) is 0. The monoisotopic (exact) mass is 339 g/mol. The van der Waals surface area contributed by atoms with Gasteiger partial charge in [0.25, 0.3) is 0 Å². The predicted octanol–water partition coefficient (Wildman–Crippen LogP) is 3.11. The molecular formula is C14H18BrN3S. The zero-order valence-corrected chi connectivity index (χ0v) is 13.5. The second kappa shape index (κ2) is 7.12. The van der Waals surface area contributed by atoms with Crippen molar-refractivity contribution < 1.29 is 0 Å². The molecule has 0 aliphatic rings. The van der Waals surface area contributed by atoms with Gasteiger partial charge in [0.15, 0.2) is 0 Å². The largest absolute Gasteiger partial charge is 0.338 e. The van der Waals surface area contributed by atoms with Gasteiger partial charge < -0.3 is 9.88 Å². The lowest BCUT2D eigenvalue weighted by Gasteiger charge is -2.15. The third-order valence-corrected chi connectivity index (χ3v) is 4.73. The summed E-state index contributed by atoms with van der Waals surface area (Å²) in [5, 5.41) is 3.37. The Morgan fingerprint density at radius 3 is 2.68 bits per heavy atom. The summed E-state index contributed by atoms with van der Waals surface area (Å²) in [5.74, 6) is 2.15. The van der Waals surface area contributed by atoms with Crippen LogP contribution in [0.3, 0.4) is 0 Å². The molecule has 0 aliphatic carbocycles. The van der Waals surface area contributed by atoms with Gasteiger partial charge in [0.05, 0.1) is 0 Å². The van der Waals surface area contributed by atoms with Crippen LogP contribution in [0.1, 0.15) is 5.82 Å². The van der Waals surface area contributed by atoms with E-state index in [0.717, 1.165) is 22.5 Å². The number of aryl methyl sites for hydroxylation is 1. The molecule has 19 heavy (non-hydrogen) atoms. The molecular weight excluding hydrogens is 322 g/mol. The number of imidazole rings is 1. The number of likely N-dealkylation sites (N-methyl/N-ethyl adjacent to an activating group) is 1. The van der Waals surface area contributed by atoms with Crippen LogP contribution in [0.15, 0.2) is 46.0 Å². The van der Waals surface area contributed by atoms with E-state index in [1.165, 1.54) is 4.90 Å². The van der Waals surface area contributed by atoms with E-state index in [4.69, 9.17) is 0 Å². The van der Waals surface area contributed by atoms with Crippen LogP contribution >= 0.6 is 27.7 Å². The number of halogens is 1. The highest BCUT2D eigenvalue weighted by atomic mass is 79.9. The van der Waals surface area contributed by atoms with Crippen LogP contribution < -0.4 is 5.32 Å². The molecule has 1 atom stereocenters. The van der Waals surface area contributed by atoms with Crippen LogP contribution in [-0.4, -0.2) is 28.4 Å². The standard InChI is InChI=1S/C14H18BrN3S/c1-16-12(9-14-17-7-8-18(14)2)10-19-13-5-3-11(15)4-6-13/h3-8,12,16H,9-10H2,1-2H3. The maximum Gasteiger partial charge on any atom is 0.109 e. The highest BCUT2D eigenvalue weighted by Crippen LogP contribution is 2.21. The quantitative estimate of drug-likeness (QED) is 0.820. The molecule has 0 saturated heterocycles. The molecule has 102 valence electrons. The Morgan fingerprint density at radius 2 is 2.11 bits per heavy atom. The van der Waals surface area contributed by atoms with Crippen molar-refractivity contribution in [2.24, 2.45) is 7.05 Å². The second-order valence-electron chi connectivity index (χ2n) is 4.41. The Kier molecular flexibility index (Phi) is 5.48. The van der Waals surface area contributed by atoms with Crippen molar-refractivity contribution >= 4 is 27.7 Å². The summed E-state index contributed by atoms with van der Waals surface area (Å²) in [6.45, 7) is 0. The fraction of sp³-hybridized carbons (Fsp3) is 0.357. The molecule has 3 nitrogen and oxygen atoms in total. The average molecular weight is 340 g/mol. The molecule has 0 aliphatic heterocycles. The molecule has 2 aromatic rings. The Hall–Kier alpha value is -0.780. The van der Waals surface area contributed by atoms with Crippen LogP contribution in [0.2, 0.25) is 0 Å². The summed E-state index contributed by atoms with van der Waals surface area (Å²) >= 11 is 5.32. The third kappa shape index (κ3) is 4.37. The van der Waals surface area contributed by atoms with Crippen molar-refractivity contribution in [3.8, 4) is 0 Å². The van der Waals surface area contributed by atoms with Crippen LogP contribution in [0.4, 0.5) is 0 Å². The lowest BCUT2D eigenvalue weighted by Crippen LogP contribution is -2.31. The molecule has 0 amide bonds. The van der Waals surface area contributed by atoms with Gasteiger partial charge in [-0.3, -0.25) is 0 Å². The van der Waals surface area contributed by atoms with E-state index in [-0.39, 0.29) is 0 Å². The van der Waals surface area contributed by atoms with Gasteiger partial charge in [-0.05, 0) is 31.3 Å². The van der Waals surface area contributed by atoms with Crippen LogP contribution in [0.5, 0.6) is 0 Å². The van der Waals surface area contributed by atoms with Gasteiger partial charge in [-0.1, -0.05) is 15.9 Å². The van der Waals surface area contributed by atoms with Crippen molar-refractivity contribution in [1.82, 2.24) is 14.9 Å². The first-order chi connectivity index (χ1) is 9.19. The molecule has 2 rings (SSSR count). The topological polar surface area (TPSA) is 29.9 Å². The van der Waals surface area contributed by atoms with Gasteiger partial charge in [0.1, 0.15) is 5.82 Å². The zero-order chi connectivity index (χ0) is 13.7. The van der Waals surface area contributed by atoms with Crippen LogP contribution in [0, 0.1) is 0 Å². The van der Waals surface area contributed by atoms with E-state index in [1.807, 2.05) is 38.3 Å². The number of nitrogens with zero attached hydrogens (tertiary/aromatic N) is 2. The van der Waals surface area contributed by atoms with E-state index in [0.29, 0.717) is 6.04 Å². The van der Waals surface area contributed by atoms with Crippen LogP contribution in [0.25, 0.3) is 0 Å². The Balaban J connectivity index is 1.89. The summed E-state index contributed by atoms with van der Waals surface area (Å²) in [6.07, 6.45) is 4.79. The molecule has 0 saturated carbocycles. The SMILES string of the molecule is CNC(CSc1ccc(Br)cc1)Cc1nccn1C. The van der Waals surface area contributed by atoms with E-state index < -0.39 is 0 Å². The van der Waals surface area contributed by atoms with Gasteiger partial charge in [-0.2, -0.15) is 0 Å². The fourth-order valence-corrected chi connectivity index (χ4v) is 3.06. The molecule has 0 spiro atoms. The van der Waals surface area contributed by atoms with Gasteiger partial charge in [0.2, 0.25) is 0 Å². The first-order valence-corrected chi connectivity index (χ1v) is 7.98. The van der Waals surface area contributed by atoms with Gasteiger partial charge in [-0.25, -0.2) is 4.98 Å². The predicted molar refractivity (Wildman–Crippen MR) is 84.6 cm³/mol. The molecule has 1 aromatic heterocycles. The van der Waals surface area contributed by atoms with E-state index in [9.17, 15) is 0 Å². The number of hydrogen-bond acceptors (Lipinski definition) is 3. The number of hydrogen-bond donors (Lipinski definition) is 1. The highest BCUT2D eigenvalue weighted by molar-refractivity contribution is 9.10.